The summed E-state index contributed by atoms with van der Waals surface area (Å²) >= 11 is 6.85. The molecule has 3 amide bonds. The van der Waals surface area contributed by atoms with Crippen LogP contribution in [0.1, 0.15) is 71.1 Å². The molecule has 2 aromatic rings. The van der Waals surface area contributed by atoms with Crippen molar-refractivity contribution in [3.63, 3.8) is 0 Å². The van der Waals surface area contributed by atoms with Crippen molar-refractivity contribution >= 4 is 46.4 Å². The third-order valence-electron chi connectivity index (χ3n) is 11.9. The van der Waals surface area contributed by atoms with Crippen LogP contribution in [0.25, 0.3) is 10.9 Å². The lowest BCUT2D eigenvalue weighted by atomic mass is 10.0. The highest BCUT2D eigenvalue weighted by Gasteiger charge is 2.62. The van der Waals surface area contributed by atoms with Gasteiger partial charge in [0.15, 0.2) is 6.29 Å². The van der Waals surface area contributed by atoms with Gasteiger partial charge in [-0.3, -0.25) is 9.59 Å². The van der Waals surface area contributed by atoms with Gasteiger partial charge in [-0.2, -0.15) is 0 Å². The number of ether oxygens (including phenoxy) is 7. The average Bonchev–Trinajstić information content (AvgIpc) is 4.00. The Morgan fingerprint density at radius 3 is 2.54 bits per heavy atom. The molecule has 1 saturated heterocycles. The fraction of sp³-hybridized carbons (Fsp3) is 0.634. The lowest BCUT2D eigenvalue weighted by molar-refractivity contribution is -0.148. The van der Waals surface area contributed by atoms with Crippen LogP contribution < -0.4 is 24.8 Å². The number of esters is 1. The Balaban J connectivity index is 1.17. The third kappa shape index (κ3) is 9.05. The van der Waals surface area contributed by atoms with Gasteiger partial charge in [0, 0.05) is 38.0 Å². The minimum absolute atomic E-state index is 0.0167. The molecule has 8 atom stereocenters. The maximum absolute atomic E-state index is 14.6. The molecule has 0 bridgehead atoms. The van der Waals surface area contributed by atoms with E-state index in [1.54, 1.807) is 18.2 Å². The van der Waals surface area contributed by atoms with E-state index in [0.29, 0.717) is 60.1 Å². The standard InChI is InChI=1S/C41H53ClN4O11/c1-5-54-33-19-32(28-13-14-31(35(42)36(28)44-33)55-22-34(51-2)52-3)56-27-18-30-37(47)45-41(39(49)53-4)20-25(41)11-9-7-6-8-10-12-29(38(48)46(30)21-27)43-40(50)57-26-16-23-15-24(23)17-26/h9,11,13-14,19,23-27,29-30,34H,5-8,10,12,15-18,20-22H2,1-4H3,(H,43,50)(H,45,47)/b11-9-/t23-,24+,25-,26?,27+,29-,30-,41+/m0/s1. The Morgan fingerprint density at radius 1 is 1.02 bits per heavy atom. The number of alkyl carbamates (subject to hydrolysis) is 1. The number of halogens is 1. The molecule has 15 nitrogen and oxygen atoms in total. The van der Waals surface area contributed by atoms with Gasteiger partial charge in [-0.15, -0.1) is 0 Å². The van der Waals surface area contributed by atoms with Crippen molar-refractivity contribution in [3.8, 4) is 17.4 Å². The van der Waals surface area contributed by atoms with Crippen LogP contribution >= 0.6 is 11.6 Å². The van der Waals surface area contributed by atoms with Crippen LogP contribution in [0.15, 0.2) is 30.4 Å². The maximum atomic E-state index is 14.6. The van der Waals surface area contributed by atoms with Crippen LogP contribution in [-0.4, -0.2) is 111 Å². The molecule has 16 heteroatoms. The molecule has 2 N–H and O–H groups in total. The summed E-state index contributed by atoms with van der Waals surface area (Å²) in [4.78, 5) is 61.5. The number of hydrogen-bond donors (Lipinski definition) is 2. The SMILES string of the molecule is CCOc1cc(O[C@@H]2C[C@H]3C(=O)N[C@]4(C(=O)OC)C[C@@H]4/C=C\CCCCC[C@H](NC(=O)OC4C[C@@H]5C[C@@H]5C4)C(=O)N3C2)c2ccc(OCC(OC)OC)c(Cl)c2n1. The molecule has 5 aliphatic rings. The number of carbonyl (C=O) groups excluding carboxylic acids is 4. The Labute approximate surface area is 337 Å². The largest absolute Gasteiger partial charge is 0.488 e. The number of benzene rings is 1. The summed E-state index contributed by atoms with van der Waals surface area (Å²) in [5.41, 5.74) is -0.880. The van der Waals surface area contributed by atoms with Gasteiger partial charge in [0.2, 0.25) is 17.7 Å². The number of rotatable bonds is 12. The number of carbonyl (C=O) groups is 4. The van der Waals surface area contributed by atoms with E-state index in [1.165, 1.54) is 32.7 Å². The minimum Gasteiger partial charge on any atom is -0.488 e. The van der Waals surface area contributed by atoms with Gasteiger partial charge in [0.1, 0.15) is 58.5 Å². The first-order chi connectivity index (χ1) is 27.6. The zero-order chi connectivity index (χ0) is 40.3. The van der Waals surface area contributed by atoms with E-state index in [0.717, 1.165) is 32.1 Å². The van der Waals surface area contributed by atoms with Crippen molar-refractivity contribution in [2.24, 2.45) is 17.8 Å². The highest BCUT2D eigenvalue weighted by atomic mass is 35.5. The molecule has 3 saturated carbocycles. The van der Waals surface area contributed by atoms with Gasteiger partial charge < -0.3 is 48.7 Å². The summed E-state index contributed by atoms with van der Waals surface area (Å²) in [5.74, 6) is 0.488. The van der Waals surface area contributed by atoms with E-state index in [1.807, 2.05) is 19.1 Å². The van der Waals surface area contributed by atoms with Gasteiger partial charge in [-0.05, 0) is 75.8 Å². The normalized spacial score (nSPS) is 30.2. The molecule has 3 aliphatic carbocycles. The molecule has 1 aromatic carbocycles. The highest BCUT2D eigenvalue weighted by Crippen LogP contribution is 2.52. The van der Waals surface area contributed by atoms with E-state index in [4.69, 9.17) is 44.8 Å². The molecule has 2 aliphatic heterocycles. The number of methoxy groups -OCH3 is 3. The predicted molar refractivity (Wildman–Crippen MR) is 207 cm³/mol. The Morgan fingerprint density at radius 2 is 1.81 bits per heavy atom. The number of allylic oxidation sites excluding steroid dienone is 1. The number of amides is 3. The summed E-state index contributed by atoms with van der Waals surface area (Å²) in [7, 11) is 4.31. The fourth-order valence-corrected chi connectivity index (χ4v) is 8.85. The molecule has 4 fully saturated rings. The van der Waals surface area contributed by atoms with Gasteiger partial charge >= 0.3 is 12.1 Å². The molecule has 3 heterocycles. The van der Waals surface area contributed by atoms with Crippen LogP contribution in [0.3, 0.4) is 0 Å². The number of hydrogen-bond acceptors (Lipinski definition) is 12. The molecule has 1 unspecified atom stereocenters. The van der Waals surface area contributed by atoms with E-state index >= 15 is 0 Å². The van der Waals surface area contributed by atoms with E-state index in [9.17, 15) is 19.2 Å². The van der Waals surface area contributed by atoms with Crippen molar-refractivity contribution in [1.29, 1.82) is 0 Å². The topological polar surface area (TPSA) is 173 Å². The highest BCUT2D eigenvalue weighted by molar-refractivity contribution is 6.36. The maximum Gasteiger partial charge on any atom is 0.408 e. The Bertz CT molecular complexity index is 1850. The quantitative estimate of drug-likeness (QED) is 0.165. The molecule has 1 aromatic heterocycles. The zero-order valence-electron chi connectivity index (χ0n) is 33.0. The van der Waals surface area contributed by atoms with Crippen molar-refractivity contribution in [1.82, 2.24) is 20.5 Å². The number of fused-ring (bicyclic) bond motifs is 4. The number of nitrogens with one attached hydrogen (secondary N) is 2. The first-order valence-electron chi connectivity index (χ1n) is 20.0. The van der Waals surface area contributed by atoms with Gasteiger partial charge in [0.25, 0.3) is 0 Å². The second-order valence-corrected chi connectivity index (χ2v) is 16.0. The van der Waals surface area contributed by atoms with Crippen LogP contribution in [0.5, 0.6) is 17.4 Å². The minimum atomic E-state index is -1.24. The number of aromatic nitrogens is 1. The molecule has 57 heavy (non-hydrogen) atoms. The van der Waals surface area contributed by atoms with Crippen molar-refractivity contribution in [2.75, 3.05) is 41.1 Å². The number of pyridine rings is 1. The van der Waals surface area contributed by atoms with Crippen molar-refractivity contribution < 1.29 is 52.3 Å². The van der Waals surface area contributed by atoms with Crippen LogP contribution in [0.4, 0.5) is 4.79 Å². The smallest absolute Gasteiger partial charge is 0.408 e. The molecule has 310 valence electrons. The van der Waals surface area contributed by atoms with E-state index in [2.05, 4.69) is 15.6 Å². The summed E-state index contributed by atoms with van der Waals surface area (Å²) < 4.78 is 39.8. The molecule has 0 spiro atoms. The third-order valence-corrected chi connectivity index (χ3v) is 12.2. The van der Waals surface area contributed by atoms with Gasteiger partial charge in [-0.25, -0.2) is 14.6 Å². The van der Waals surface area contributed by atoms with E-state index < -0.39 is 53.9 Å². The predicted octanol–water partition coefficient (Wildman–Crippen LogP) is 5.09. The first kappa shape index (κ1) is 40.8. The zero-order valence-corrected chi connectivity index (χ0v) is 33.7. The monoisotopic (exact) mass is 812 g/mol. The summed E-state index contributed by atoms with van der Waals surface area (Å²) in [6.45, 7) is 2.24. The Hall–Kier alpha value is -4.34. The van der Waals surface area contributed by atoms with Gasteiger partial charge in [0.05, 0.1) is 20.3 Å². The van der Waals surface area contributed by atoms with Crippen molar-refractivity contribution in [3.05, 3.63) is 35.4 Å². The summed E-state index contributed by atoms with van der Waals surface area (Å²) in [6.07, 6.45) is 8.75. The summed E-state index contributed by atoms with van der Waals surface area (Å²) in [5, 5.41) is 6.60. The molecule has 0 radical (unpaired) electrons. The second-order valence-electron chi connectivity index (χ2n) is 15.6. The van der Waals surface area contributed by atoms with Gasteiger partial charge in [-0.1, -0.05) is 36.6 Å². The second kappa shape index (κ2) is 17.7. The molecular formula is C41H53ClN4O11. The van der Waals surface area contributed by atoms with Crippen LogP contribution in [-0.2, 0) is 33.3 Å². The van der Waals surface area contributed by atoms with Crippen molar-refractivity contribution in [2.45, 2.75) is 107 Å². The van der Waals surface area contributed by atoms with E-state index in [-0.39, 0.29) is 42.5 Å². The summed E-state index contributed by atoms with van der Waals surface area (Å²) in [6, 6.07) is 3.13. The first-order valence-corrected chi connectivity index (χ1v) is 20.4. The Kier molecular flexibility index (Phi) is 12.6. The number of nitrogens with zero attached hydrogens (tertiary/aromatic N) is 2. The fourth-order valence-electron chi connectivity index (χ4n) is 8.59. The molecule has 7 rings (SSSR count). The van der Waals surface area contributed by atoms with Crippen LogP contribution in [0.2, 0.25) is 5.02 Å². The lowest BCUT2D eigenvalue weighted by Crippen LogP contribution is -2.56. The van der Waals surface area contributed by atoms with Crippen LogP contribution in [0, 0.1) is 17.8 Å². The average molecular weight is 813 g/mol. The lowest BCUT2D eigenvalue weighted by Gasteiger charge is -2.29. The molecular weight excluding hydrogens is 760 g/mol.